The van der Waals surface area contributed by atoms with Gasteiger partial charge in [0, 0.05) is 25.9 Å². The number of aromatic hydroxyl groups is 1. The second-order valence-electron chi connectivity index (χ2n) is 7.52. The Hall–Kier alpha value is -3.40. The van der Waals surface area contributed by atoms with Crippen LogP contribution in [-0.4, -0.2) is 34.3 Å². The van der Waals surface area contributed by atoms with Crippen molar-refractivity contribution >= 4 is 22.8 Å². The predicted octanol–water partition coefficient (Wildman–Crippen LogP) is 2.65. The van der Waals surface area contributed by atoms with Crippen LogP contribution in [0.4, 0.5) is 0 Å². The zero-order chi connectivity index (χ0) is 22.7. The number of aryl methyl sites for hydroxylation is 2. The molecule has 0 amide bonds. The maximum Gasteiger partial charge on any atom is 0.332 e. The summed E-state index contributed by atoms with van der Waals surface area (Å²) in [6.07, 6.45) is 3.04. The van der Waals surface area contributed by atoms with Gasteiger partial charge in [-0.25, -0.2) is 4.79 Å². The van der Waals surface area contributed by atoms with Crippen LogP contribution in [0.2, 0.25) is 5.28 Å². The number of imidazole rings is 1. The minimum absolute atomic E-state index is 0.0755. The van der Waals surface area contributed by atoms with Crippen molar-refractivity contribution in [2.24, 2.45) is 0 Å². The van der Waals surface area contributed by atoms with Crippen molar-refractivity contribution in [1.82, 2.24) is 29.2 Å². The Bertz CT molecular complexity index is 1340. The van der Waals surface area contributed by atoms with Crippen molar-refractivity contribution in [2.45, 2.75) is 52.1 Å². The van der Waals surface area contributed by atoms with Gasteiger partial charge in [0.1, 0.15) is 5.75 Å². The van der Waals surface area contributed by atoms with E-state index in [0.29, 0.717) is 37.5 Å². The molecule has 10 nitrogen and oxygen atoms in total. The fourth-order valence-corrected chi connectivity index (χ4v) is 3.68. The number of phenolic OH excluding ortho intramolecular Hbond substituents is 1. The first-order chi connectivity index (χ1) is 15.5. The SMILES string of the molecule is CCCCn1c(=O)n(CCCc2nc(Cc3ccc(O)cc3)no2)c(=O)c2[nH]c(Cl)nc21. The van der Waals surface area contributed by atoms with Gasteiger partial charge in [-0.2, -0.15) is 9.97 Å². The maximum absolute atomic E-state index is 13.0. The number of benzene rings is 1. The molecule has 2 N–H and O–H groups in total. The highest BCUT2D eigenvalue weighted by atomic mass is 35.5. The zero-order valence-electron chi connectivity index (χ0n) is 17.5. The smallest absolute Gasteiger partial charge is 0.332 e. The molecule has 32 heavy (non-hydrogen) atoms. The number of nitrogens with zero attached hydrogens (tertiary/aromatic N) is 5. The highest BCUT2D eigenvalue weighted by Gasteiger charge is 2.17. The number of hydrogen-bond donors (Lipinski definition) is 2. The van der Waals surface area contributed by atoms with Crippen LogP contribution in [0.25, 0.3) is 11.2 Å². The Kier molecular flexibility index (Phi) is 6.40. The van der Waals surface area contributed by atoms with Crippen LogP contribution < -0.4 is 11.2 Å². The van der Waals surface area contributed by atoms with Crippen molar-refractivity contribution in [3.05, 3.63) is 67.7 Å². The van der Waals surface area contributed by atoms with Crippen LogP contribution in [0.1, 0.15) is 43.5 Å². The summed E-state index contributed by atoms with van der Waals surface area (Å²) in [6, 6.07) is 6.79. The number of fused-ring (bicyclic) bond motifs is 1. The van der Waals surface area contributed by atoms with Gasteiger partial charge in [0.2, 0.25) is 11.2 Å². The van der Waals surface area contributed by atoms with E-state index in [2.05, 4.69) is 20.1 Å². The van der Waals surface area contributed by atoms with E-state index in [0.717, 1.165) is 18.4 Å². The van der Waals surface area contributed by atoms with Gasteiger partial charge in [0.05, 0.1) is 0 Å². The molecule has 4 rings (SSSR count). The van der Waals surface area contributed by atoms with Gasteiger partial charge >= 0.3 is 5.69 Å². The average Bonchev–Trinajstić information content (AvgIpc) is 3.38. The van der Waals surface area contributed by atoms with Crippen molar-refractivity contribution in [2.75, 3.05) is 0 Å². The van der Waals surface area contributed by atoms with Crippen LogP contribution in [0, 0.1) is 0 Å². The number of unbranched alkanes of at least 4 members (excludes halogenated alkanes) is 1. The molecule has 0 fully saturated rings. The fourth-order valence-electron chi connectivity index (χ4n) is 3.50. The number of rotatable bonds is 9. The van der Waals surface area contributed by atoms with Crippen molar-refractivity contribution < 1.29 is 9.63 Å². The van der Waals surface area contributed by atoms with E-state index in [9.17, 15) is 14.7 Å². The van der Waals surface area contributed by atoms with Gasteiger partial charge in [-0.3, -0.25) is 13.9 Å². The summed E-state index contributed by atoms with van der Waals surface area (Å²) in [5.74, 6) is 1.16. The number of H-pyrrole nitrogens is 1. The van der Waals surface area contributed by atoms with Gasteiger partial charge in [-0.15, -0.1) is 0 Å². The van der Waals surface area contributed by atoms with Crippen LogP contribution in [0.5, 0.6) is 5.75 Å². The molecule has 168 valence electrons. The normalized spacial score (nSPS) is 11.4. The topological polar surface area (TPSA) is 132 Å². The highest BCUT2D eigenvalue weighted by Crippen LogP contribution is 2.13. The highest BCUT2D eigenvalue weighted by molar-refractivity contribution is 6.28. The van der Waals surface area contributed by atoms with Gasteiger partial charge in [0.15, 0.2) is 17.0 Å². The lowest BCUT2D eigenvalue weighted by molar-refractivity contribution is 0.367. The summed E-state index contributed by atoms with van der Waals surface area (Å²) >= 11 is 5.95. The lowest BCUT2D eigenvalue weighted by atomic mass is 10.1. The van der Waals surface area contributed by atoms with E-state index in [1.807, 2.05) is 6.92 Å². The minimum Gasteiger partial charge on any atom is -0.508 e. The summed E-state index contributed by atoms with van der Waals surface area (Å²) in [4.78, 5) is 37.0. The molecule has 0 aliphatic carbocycles. The Labute approximate surface area is 187 Å². The molecule has 3 heterocycles. The van der Waals surface area contributed by atoms with Gasteiger partial charge in [-0.05, 0) is 42.1 Å². The zero-order valence-corrected chi connectivity index (χ0v) is 18.3. The van der Waals surface area contributed by atoms with Gasteiger partial charge in [-0.1, -0.05) is 30.6 Å². The van der Waals surface area contributed by atoms with Crippen molar-refractivity contribution in [3.63, 3.8) is 0 Å². The molecule has 4 aromatic rings. The standard InChI is InChI=1S/C21H23ClN6O4/c1-2-3-10-27-18-17(24-20(22)25-18)19(30)28(21(27)31)11-4-5-16-23-15(26-32-16)12-13-6-8-14(29)9-7-13/h6-9,29H,2-5,10-12H2,1H3,(H,24,25). The molecule has 0 saturated heterocycles. The molecule has 3 aromatic heterocycles. The first-order valence-electron chi connectivity index (χ1n) is 10.4. The number of nitrogens with one attached hydrogen (secondary N) is 1. The summed E-state index contributed by atoms with van der Waals surface area (Å²) in [7, 11) is 0. The van der Waals surface area contributed by atoms with Gasteiger partial charge in [0.25, 0.3) is 5.56 Å². The molecular formula is C21H23ClN6O4. The molecule has 0 bridgehead atoms. The Morgan fingerprint density at radius 2 is 1.84 bits per heavy atom. The van der Waals surface area contributed by atoms with E-state index in [1.165, 1.54) is 9.13 Å². The molecule has 0 atom stereocenters. The number of halogens is 1. The quantitative estimate of drug-likeness (QED) is 0.368. The lowest BCUT2D eigenvalue weighted by Gasteiger charge is -2.10. The molecule has 0 radical (unpaired) electrons. The second kappa shape index (κ2) is 9.39. The van der Waals surface area contributed by atoms with Crippen LogP contribution in [0.15, 0.2) is 38.4 Å². The number of aromatic nitrogens is 6. The van der Waals surface area contributed by atoms with Crippen molar-refractivity contribution in [1.29, 1.82) is 0 Å². The molecule has 1 aromatic carbocycles. The second-order valence-corrected chi connectivity index (χ2v) is 7.88. The molecule has 0 spiro atoms. The largest absolute Gasteiger partial charge is 0.508 e. The number of phenols is 1. The van der Waals surface area contributed by atoms with Gasteiger partial charge < -0.3 is 14.6 Å². The molecule has 0 aliphatic heterocycles. The first kappa shape index (κ1) is 21.8. The maximum atomic E-state index is 13.0. The summed E-state index contributed by atoms with van der Waals surface area (Å²) in [5.41, 5.74) is 0.597. The van der Waals surface area contributed by atoms with Crippen LogP contribution in [-0.2, 0) is 25.9 Å². The third kappa shape index (κ3) is 4.59. The monoisotopic (exact) mass is 458 g/mol. The predicted molar refractivity (Wildman–Crippen MR) is 118 cm³/mol. The molecular weight excluding hydrogens is 436 g/mol. The van der Waals surface area contributed by atoms with E-state index in [4.69, 9.17) is 16.1 Å². The molecule has 0 unspecified atom stereocenters. The van der Waals surface area contributed by atoms with E-state index in [-0.39, 0.29) is 28.7 Å². The van der Waals surface area contributed by atoms with Crippen LogP contribution in [0.3, 0.4) is 0 Å². The van der Waals surface area contributed by atoms with E-state index in [1.54, 1.807) is 24.3 Å². The summed E-state index contributed by atoms with van der Waals surface area (Å²) in [5, 5.41) is 13.4. The molecule has 0 aliphatic rings. The van der Waals surface area contributed by atoms with Crippen molar-refractivity contribution in [3.8, 4) is 5.75 Å². The summed E-state index contributed by atoms with van der Waals surface area (Å²) in [6.45, 7) is 2.68. The van der Waals surface area contributed by atoms with E-state index < -0.39 is 11.2 Å². The lowest BCUT2D eigenvalue weighted by Crippen LogP contribution is -2.40. The van der Waals surface area contributed by atoms with Crippen LogP contribution >= 0.6 is 11.6 Å². The Morgan fingerprint density at radius 1 is 1.09 bits per heavy atom. The number of aromatic amines is 1. The third-order valence-corrected chi connectivity index (χ3v) is 5.33. The first-order valence-corrected chi connectivity index (χ1v) is 10.8. The number of hydrogen-bond acceptors (Lipinski definition) is 7. The van der Waals surface area contributed by atoms with E-state index >= 15 is 0 Å². The minimum atomic E-state index is -0.448. The molecule has 0 saturated carbocycles. The Balaban J connectivity index is 1.48. The third-order valence-electron chi connectivity index (χ3n) is 5.15. The average molecular weight is 459 g/mol. The summed E-state index contributed by atoms with van der Waals surface area (Å²) < 4.78 is 7.98. The fraction of sp³-hybridized carbons (Fsp3) is 0.381. The molecule has 11 heteroatoms. The Morgan fingerprint density at radius 3 is 2.59 bits per heavy atom.